The Morgan fingerprint density at radius 2 is 2.07 bits per heavy atom. The van der Waals surface area contributed by atoms with Gasteiger partial charge in [0.15, 0.2) is 5.82 Å². The lowest BCUT2D eigenvalue weighted by molar-refractivity contribution is 0.0929. The number of nitrogens with one attached hydrogen (secondary N) is 1. The minimum atomic E-state index is -0.675. The second-order valence-electron chi connectivity index (χ2n) is 6.67. The Kier molecular flexibility index (Phi) is 4.81. The van der Waals surface area contributed by atoms with Crippen LogP contribution in [-0.4, -0.2) is 22.8 Å². The zero-order valence-electron chi connectivity index (χ0n) is 15.3. The lowest BCUT2D eigenvalue weighted by atomic mass is 9.92. The average molecular weight is 383 g/mol. The first kappa shape index (κ1) is 18.2. The largest absolute Gasteiger partial charge is 0.496 e. The lowest BCUT2D eigenvalue weighted by Gasteiger charge is -2.24. The quantitative estimate of drug-likeness (QED) is 0.742. The highest BCUT2D eigenvalue weighted by molar-refractivity contribution is 5.97. The molecule has 0 bridgehead atoms. The minimum absolute atomic E-state index is 0.194. The Hall–Kier alpha value is -3.22. The number of methoxy groups -OCH3 is 1. The van der Waals surface area contributed by atoms with Crippen LogP contribution in [0.2, 0.25) is 0 Å². The smallest absolute Gasteiger partial charge is 0.255 e. The molecule has 5 nitrogen and oxygen atoms in total. The topological polar surface area (TPSA) is 56.1 Å². The Bertz CT molecular complexity index is 1030. The summed E-state index contributed by atoms with van der Waals surface area (Å²) in [4.78, 5) is 12.8. The normalized spacial score (nSPS) is 15.8. The van der Waals surface area contributed by atoms with Gasteiger partial charge in [-0.2, -0.15) is 5.10 Å². The van der Waals surface area contributed by atoms with E-state index in [1.165, 1.54) is 23.9 Å². The fourth-order valence-electron chi connectivity index (χ4n) is 3.64. The summed E-state index contributed by atoms with van der Waals surface area (Å²) in [7, 11) is 1.52. The van der Waals surface area contributed by atoms with Gasteiger partial charge in [0.1, 0.15) is 17.3 Å². The molecular formula is C21H19F2N3O2. The second-order valence-corrected chi connectivity index (χ2v) is 6.67. The molecule has 1 atom stereocenters. The third-order valence-electron chi connectivity index (χ3n) is 4.98. The SMILES string of the molecule is COc1ccccc1C(=O)N[C@H]1CCCc2c1cnn2-c1ccc(F)cc1F. The zero-order chi connectivity index (χ0) is 19.7. The molecule has 0 saturated heterocycles. The number of rotatable bonds is 4. The van der Waals surface area contributed by atoms with Crippen LogP contribution in [0.25, 0.3) is 5.69 Å². The number of benzene rings is 2. The molecule has 1 aromatic heterocycles. The number of hydrogen-bond acceptors (Lipinski definition) is 3. The molecule has 1 heterocycles. The molecular weight excluding hydrogens is 364 g/mol. The van der Waals surface area contributed by atoms with Crippen LogP contribution < -0.4 is 10.1 Å². The molecule has 0 spiro atoms. The number of nitrogens with zero attached hydrogens (tertiary/aromatic N) is 2. The summed E-state index contributed by atoms with van der Waals surface area (Å²) >= 11 is 0. The van der Waals surface area contributed by atoms with Crippen molar-refractivity contribution < 1.29 is 18.3 Å². The minimum Gasteiger partial charge on any atom is -0.496 e. The summed E-state index contributed by atoms with van der Waals surface area (Å²) < 4.78 is 34.2. The molecule has 0 radical (unpaired) electrons. The second kappa shape index (κ2) is 7.42. The number of aromatic nitrogens is 2. The Morgan fingerprint density at radius 1 is 1.25 bits per heavy atom. The molecule has 0 saturated carbocycles. The summed E-state index contributed by atoms with van der Waals surface area (Å²) in [5.41, 5.74) is 2.31. The molecule has 1 N–H and O–H groups in total. The van der Waals surface area contributed by atoms with Crippen molar-refractivity contribution in [3.8, 4) is 11.4 Å². The number of carbonyl (C=O) groups excluding carboxylic acids is 1. The number of para-hydroxylation sites is 1. The fraction of sp³-hybridized carbons (Fsp3) is 0.238. The summed E-state index contributed by atoms with van der Waals surface area (Å²) in [6, 6.07) is 10.2. The van der Waals surface area contributed by atoms with Crippen LogP contribution in [-0.2, 0) is 6.42 Å². The molecule has 4 rings (SSSR count). The van der Waals surface area contributed by atoms with Crippen LogP contribution in [0.3, 0.4) is 0 Å². The molecule has 144 valence electrons. The van der Waals surface area contributed by atoms with Gasteiger partial charge >= 0.3 is 0 Å². The van der Waals surface area contributed by atoms with Crippen LogP contribution in [0.1, 0.15) is 40.5 Å². The summed E-state index contributed by atoms with van der Waals surface area (Å²) in [6.45, 7) is 0. The first-order valence-electron chi connectivity index (χ1n) is 9.04. The standard InChI is InChI=1S/C21H19F2N3O2/c1-28-20-8-3-2-5-14(20)21(27)25-17-6-4-7-18-15(17)12-24-26(18)19-10-9-13(22)11-16(19)23/h2-3,5,8-12,17H,4,6-7H2,1H3,(H,25,27)/t17-/m0/s1. The molecule has 0 aliphatic heterocycles. The monoisotopic (exact) mass is 383 g/mol. The van der Waals surface area contributed by atoms with Crippen LogP contribution in [0.5, 0.6) is 5.75 Å². The van der Waals surface area contributed by atoms with E-state index in [1.54, 1.807) is 30.5 Å². The first-order chi connectivity index (χ1) is 13.6. The van der Waals surface area contributed by atoms with E-state index in [1.807, 2.05) is 0 Å². The average Bonchev–Trinajstić information content (AvgIpc) is 3.13. The highest BCUT2D eigenvalue weighted by Gasteiger charge is 2.27. The number of ether oxygens (including phenoxy) is 1. The van der Waals surface area contributed by atoms with E-state index in [9.17, 15) is 13.6 Å². The van der Waals surface area contributed by atoms with E-state index >= 15 is 0 Å². The van der Waals surface area contributed by atoms with Gasteiger partial charge in [0.25, 0.3) is 5.91 Å². The van der Waals surface area contributed by atoms with E-state index in [2.05, 4.69) is 10.4 Å². The van der Waals surface area contributed by atoms with Gasteiger partial charge in [0.05, 0.1) is 24.9 Å². The zero-order valence-corrected chi connectivity index (χ0v) is 15.3. The molecule has 1 aliphatic carbocycles. The van der Waals surface area contributed by atoms with Crippen molar-refractivity contribution in [2.45, 2.75) is 25.3 Å². The summed E-state index contributed by atoms with van der Waals surface area (Å²) in [5, 5.41) is 7.33. The Morgan fingerprint density at radius 3 is 2.86 bits per heavy atom. The predicted octanol–water partition coefficient (Wildman–Crippen LogP) is 3.97. The van der Waals surface area contributed by atoms with Gasteiger partial charge in [-0.05, 0) is 43.5 Å². The van der Waals surface area contributed by atoms with Crippen LogP contribution >= 0.6 is 0 Å². The van der Waals surface area contributed by atoms with E-state index in [4.69, 9.17) is 4.74 Å². The van der Waals surface area contributed by atoms with Gasteiger partial charge in [0, 0.05) is 17.3 Å². The molecule has 0 fully saturated rings. The van der Waals surface area contributed by atoms with Crippen molar-refractivity contribution >= 4 is 5.91 Å². The van der Waals surface area contributed by atoms with Crippen molar-refractivity contribution in [1.82, 2.24) is 15.1 Å². The van der Waals surface area contributed by atoms with Crippen LogP contribution in [0, 0.1) is 11.6 Å². The molecule has 7 heteroatoms. The summed E-state index contributed by atoms with van der Waals surface area (Å²) in [6.07, 6.45) is 3.92. The van der Waals surface area contributed by atoms with Crippen molar-refractivity contribution in [3.05, 3.63) is 77.1 Å². The van der Waals surface area contributed by atoms with Gasteiger partial charge in [-0.1, -0.05) is 12.1 Å². The first-order valence-corrected chi connectivity index (χ1v) is 9.04. The van der Waals surface area contributed by atoms with Gasteiger partial charge in [-0.15, -0.1) is 0 Å². The maximum absolute atomic E-state index is 14.2. The number of halogens is 2. The van der Waals surface area contributed by atoms with Crippen molar-refractivity contribution in [3.63, 3.8) is 0 Å². The molecule has 3 aromatic rings. The van der Waals surface area contributed by atoms with E-state index < -0.39 is 11.6 Å². The van der Waals surface area contributed by atoms with E-state index in [0.717, 1.165) is 30.2 Å². The molecule has 2 aromatic carbocycles. The predicted molar refractivity (Wildman–Crippen MR) is 99.6 cm³/mol. The van der Waals surface area contributed by atoms with Crippen molar-refractivity contribution in [2.75, 3.05) is 7.11 Å². The third kappa shape index (κ3) is 3.24. The molecule has 0 unspecified atom stereocenters. The van der Waals surface area contributed by atoms with Crippen molar-refractivity contribution in [1.29, 1.82) is 0 Å². The van der Waals surface area contributed by atoms with E-state index in [0.29, 0.717) is 17.7 Å². The number of hydrogen-bond donors (Lipinski definition) is 1. The fourth-order valence-corrected chi connectivity index (χ4v) is 3.64. The Labute approximate surface area is 160 Å². The summed E-state index contributed by atoms with van der Waals surface area (Å²) in [5.74, 6) is -1.05. The lowest BCUT2D eigenvalue weighted by Crippen LogP contribution is -2.31. The number of fused-ring (bicyclic) bond motifs is 1. The van der Waals surface area contributed by atoms with Crippen LogP contribution in [0.4, 0.5) is 8.78 Å². The molecule has 28 heavy (non-hydrogen) atoms. The highest BCUT2D eigenvalue weighted by Crippen LogP contribution is 2.32. The van der Waals surface area contributed by atoms with Gasteiger partial charge in [0.2, 0.25) is 0 Å². The third-order valence-corrected chi connectivity index (χ3v) is 4.98. The molecule has 1 amide bonds. The van der Waals surface area contributed by atoms with E-state index in [-0.39, 0.29) is 17.6 Å². The van der Waals surface area contributed by atoms with Gasteiger partial charge in [-0.3, -0.25) is 4.79 Å². The van der Waals surface area contributed by atoms with Crippen molar-refractivity contribution in [2.24, 2.45) is 0 Å². The van der Waals surface area contributed by atoms with Crippen LogP contribution in [0.15, 0.2) is 48.7 Å². The maximum Gasteiger partial charge on any atom is 0.255 e. The van der Waals surface area contributed by atoms with Gasteiger partial charge in [-0.25, -0.2) is 13.5 Å². The number of amides is 1. The molecule has 1 aliphatic rings. The highest BCUT2D eigenvalue weighted by atomic mass is 19.1. The Balaban J connectivity index is 1.63. The van der Waals surface area contributed by atoms with Gasteiger partial charge < -0.3 is 10.1 Å². The number of carbonyl (C=O) groups is 1. The maximum atomic E-state index is 14.2.